The van der Waals surface area contributed by atoms with E-state index in [1.54, 1.807) is 6.07 Å². The molecule has 0 spiro atoms. The molecule has 0 fully saturated rings. The third-order valence-corrected chi connectivity index (χ3v) is 4.20. The van der Waals surface area contributed by atoms with Crippen LogP contribution in [0.1, 0.15) is 41.6 Å². The van der Waals surface area contributed by atoms with Crippen LogP contribution in [0.5, 0.6) is 0 Å². The molecule has 0 aliphatic carbocycles. The van der Waals surface area contributed by atoms with Crippen LogP contribution in [0.15, 0.2) is 36.4 Å². The molecule has 0 amide bonds. The van der Waals surface area contributed by atoms with E-state index >= 15 is 0 Å². The van der Waals surface area contributed by atoms with E-state index in [0.717, 1.165) is 40.2 Å². The zero-order chi connectivity index (χ0) is 15.4. The third kappa shape index (κ3) is 3.63. The number of aryl methyl sites for hydroxylation is 2. The summed E-state index contributed by atoms with van der Waals surface area (Å²) < 4.78 is 13.7. The van der Waals surface area contributed by atoms with Crippen LogP contribution in [0.4, 0.5) is 4.39 Å². The van der Waals surface area contributed by atoms with Crippen molar-refractivity contribution >= 4 is 11.6 Å². The van der Waals surface area contributed by atoms with Crippen LogP contribution in [0, 0.1) is 19.7 Å². The largest absolute Gasteiger partial charge is 0.306 e. The maximum absolute atomic E-state index is 13.7. The average Bonchev–Trinajstić information content (AvgIpc) is 2.47. The molecule has 21 heavy (non-hydrogen) atoms. The Hall–Kier alpha value is -1.38. The minimum Gasteiger partial charge on any atom is -0.306 e. The normalized spacial score (nSPS) is 12.4. The fraction of sp³-hybridized carbons (Fsp3) is 0.333. The van der Waals surface area contributed by atoms with Gasteiger partial charge in [-0.15, -0.1) is 0 Å². The molecule has 0 aliphatic rings. The highest BCUT2D eigenvalue weighted by Crippen LogP contribution is 2.32. The van der Waals surface area contributed by atoms with Crippen LogP contribution < -0.4 is 5.32 Å². The average molecular weight is 306 g/mol. The van der Waals surface area contributed by atoms with Crippen molar-refractivity contribution in [2.45, 2.75) is 33.2 Å². The number of nitrogens with one attached hydrogen (secondary N) is 1. The van der Waals surface area contributed by atoms with Gasteiger partial charge in [0.1, 0.15) is 5.82 Å². The first-order valence-corrected chi connectivity index (χ1v) is 7.66. The minimum absolute atomic E-state index is 0.0898. The zero-order valence-electron chi connectivity index (χ0n) is 12.7. The molecular weight excluding hydrogens is 285 g/mol. The minimum atomic E-state index is -0.220. The molecule has 0 aliphatic heterocycles. The molecule has 2 aromatic carbocycles. The van der Waals surface area contributed by atoms with Crippen molar-refractivity contribution in [3.8, 4) is 0 Å². The number of halogens is 2. The molecule has 1 unspecified atom stereocenters. The Bertz CT molecular complexity index is 623. The van der Waals surface area contributed by atoms with Gasteiger partial charge in [-0.05, 0) is 61.2 Å². The van der Waals surface area contributed by atoms with Gasteiger partial charge in [0.15, 0.2) is 0 Å². The van der Waals surface area contributed by atoms with Crippen LogP contribution in [0.2, 0.25) is 5.02 Å². The maximum atomic E-state index is 13.7. The molecule has 0 aromatic heterocycles. The summed E-state index contributed by atoms with van der Waals surface area (Å²) in [6.45, 7) is 6.95. The van der Waals surface area contributed by atoms with Crippen molar-refractivity contribution < 1.29 is 4.39 Å². The van der Waals surface area contributed by atoms with Crippen molar-refractivity contribution in [1.29, 1.82) is 0 Å². The number of hydrogen-bond donors (Lipinski definition) is 1. The Labute approximate surface area is 131 Å². The Balaban J connectivity index is 2.52. The van der Waals surface area contributed by atoms with Gasteiger partial charge in [0.05, 0.1) is 6.04 Å². The van der Waals surface area contributed by atoms with Crippen LogP contribution >= 0.6 is 11.6 Å². The number of rotatable bonds is 5. The number of hydrogen-bond acceptors (Lipinski definition) is 1. The summed E-state index contributed by atoms with van der Waals surface area (Å²) in [6.07, 6.45) is 1.01. The maximum Gasteiger partial charge on any atom is 0.123 e. The molecule has 0 radical (unpaired) electrons. The highest BCUT2D eigenvalue weighted by atomic mass is 35.5. The zero-order valence-corrected chi connectivity index (χ0v) is 13.5. The predicted octanol–water partition coefficient (Wildman–Crippen LogP) is 5.18. The standard InChI is InChI=1S/C18H21ClFN/c1-4-10-21-18(15-7-5-6-13(3)17(15)19)16-11-14(20)9-8-12(16)2/h5-9,11,18,21H,4,10H2,1-3H3. The first kappa shape index (κ1) is 16.0. The van der Waals surface area contributed by atoms with Gasteiger partial charge in [-0.2, -0.15) is 0 Å². The summed E-state index contributed by atoms with van der Waals surface area (Å²) in [4.78, 5) is 0. The second-order valence-corrected chi connectivity index (χ2v) is 5.74. The summed E-state index contributed by atoms with van der Waals surface area (Å²) in [5, 5.41) is 4.23. The second-order valence-electron chi connectivity index (χ2n) is 5.37. The summed E-state index contributed by atoms with van der Waals surface area (Å²) in [5.41, 5.74) is 4.03. The fourth-order valence-electron chi connectivity index (χ4n) is 2.49. The van der Waals surface area contributed by atoms with Crippen LogP contribution in [-0.4, -0.2) is 6.54 Å². The highest BCUT2D eigenvalue weighted by molar-refractivity contribution is 6.32. The lowest BCUT2D eigenvalue weighted by Gasteiger charge is -2.23. The van der Waals surface area contributed by atoms with Crippen molar-refractivity contribution in [2.75, 3.05) is 6.54 Å². The van der Waals surface area contributed by atoms with Crippen LogP contribution in [0.3, 0.4) is 0 Å². The Morgan fingerprint density at radius 2 is 1.86 bits per heavy atom. The van der Waals surface area contributed by atoms with Gasteiger partial charge in [0.25, 0.3) is 0 Å². The van der Waals surface area contributed by atoms with Gasteiger partial charge in [0, 0.05) is 5.02 Å². The first-order chi connectivity index (χ1) is 10.0. The molecule has 1 atom stereocenters. The summed E-state index contributed by atoms with van der Waals surface area (Å²) >= 11 is 6.48. The Morgan fingerprint density at radius 1 is 1.10 bits per heavy atom. The highest BCUT2D eigenvalue weighted by Gasteiger charge is 2.19. The monoisotopic (exact) mass is 305 g/mol. The van der Waals surface area contributed by atoms with E-state index in [0.29, 0.717) is 0 Å². The van der Waals surface area contributed by atoms with Gasteiger partial charge in [-0.25, -0.2) is 4.39 Å². The molecule has 2 rings (SSSR count). The lowest BCUT2D eigenvalue weighted by Crippen LogP contribution is -2.24. The second kappa shape index (κ2) is 7.06. The van der Waals surface area contributed by atoms with E-state index in [9.17, 15) is 4.39 Å². The van der Waals surface area contributed by atoms with Crippen molar-refractivity contribution in [1.82, 2.24) is 5.32 Å². The van der Waals surface area contributed by atoms with E-state index < -0.39 is 0 Å². The molecular formula is C18H21ClFN. The van der Waals surface area contributed by atoms with E-state index in [-0.39, 0.29) is 11.9 Å². The van der Waals surface area contributed by atoms with E-state index in [2.05, 4.69) is 12.2 Å². The lowest BCUT2D eigenvalue weighted by atomic mass is 9.93. The quantitative estimate of drug-likeness (QED) is 0.802. The van der Waals surface area contributed by atoms with Gasteiger partial charge in [-0.3, -0.25) is 0 Å². The SMILES string of the molecule is CCCNC(c1cc(F)ccc1C)c1cccc(C)c1Cl. The summed E-state index contributed by atoms with van der Waals surface area (Å²) in [6, 6.07) is 10.8. The smallest absolute Gasteiger partial charge is 0.123 e. The molecule has 0 saturated heterocycles. The topological polar surface area (TPSA) is 12.0 Å². The molecule has 112 valence electrons. The van der Waals surface area contributed by atoms with Gasteiger partial charge < -0.3 is 5.32 Å². The Kier molecular flexibility index (Phi) is 5.38. The predicted molar refractivity (Wildman–Crippen MR) is 87.5 cm³/mol. The van der Waals surface area contributed by atoms with Crippen LogP contribution in [-0.2, 0) is 0 Å². The molecule has 1 nitrogen and oxygen atoms in total. The molecule has 3 heteroatoms. The third-order valence-electron chi connectivity index (χ3n) is 3.68. The number of benzene rings is 2. The molecule has 0 heterocycles. The molecule has 0 bridgehead atoms. The van der Waals surface area contributed by atoms with E-state index in [1.807, 2.05) is 38.1 Å². The summed E-state index contributed by atoms with van der Waals surface area (Å²) in [7, 11) is 0. The molecule has 2 aromatic rings. The molecule has 0 saturated carbocycles. The van der Waals surface area contributed by atoms with Crippen molar-refractivity contribution in [3.63, 3.8) is 0 Å². The van der Waals surface area contributed by atoms with Gasteiger partial charge in [0.2, 0.25) is 0 Å². The van der Waals surface area contributed by atoms with Crippen LogP contribution in [0.25, 0.3) is 0 Å². The lowest BCUT2D eigenvalue weighted by molar-refractivity contribution is 0.583. The Morgan fingerprint density at radius 3 is 2.57 bits per heavy atom. The first-order valence-electron chi connectivity index (χ1n) is 7.29. The van der Waals surface area contributed by atoms with E-state index in [1.165, 1.54) is 6.07 Å². The van der Waals surface area contributed by atoms with E-state index in [4.69, 9.17) is 11.6 Å². The summed E-state index contributed by atoms with van der Waals surface area (Å²) in [5.74, 6) is -0.220. The van der Waals surface area contributed by atoms with Crippen molar-refractivity contribution in [2.24, 2.45) is 0 Å². The fourth-order valence-corrected chi connectivity index (χ4v) is 2.73. The van der Waals surface area contributed by atoms with Crippen molar-refractivity contribution in [3.05, 3.63) is 69.5 Å². The molecule has 1 N–H and O–H groups in total. The van der Waals surface area contributed by atoms with Gasteiger partial charge >= 0.3 is 0 Å². The van der Waals surface area contributed by atoms with Gasteiger partial charge in [-0.1, -0.05) is 42.8 Å².